The maximum Gasteiger partial charge on any atom is 0.417 e. The van der Waals surface area contributed by atoms with Gasteiger partial charge in [0.2, 0.25) is 0 Å². The number of halogens is 9. The first-order chi connectivity index (χ1) is 15.7. The molecule has 1 N–H and O–H groups in total. The van der Waals surface area contributed by atoms with Crippen molar-refractivity contribution in [2.75, 3.05) is 0 Å². The predicted molar refractivity (Wildman–Crippen MR) is 119 cm³/mol. The Morgan fingerprint density at radius 2 is 1.65 bits per heavy atom. The van der Waals surface area contributed by atoms with Crippen molar-refractivity contribution in [1.29, 1.82) is 0 Å². The van der Waals surface area contributed by atoms with E-state index in [1.165, 1.54) is 0 Å². The van der Waals surface area contributed by atoms with E-state index in [2.05, 4.69) is 11.2 Å². The van der Waals surface area contributed by atoms with Gasteiger partial charge in [-0.05, 0) is 48.2 Å². The van der Waals surface area contributed by atoms with Gasteiger partial charge in [-0.25, -0.2) is 0 Å². The molecule has 2 nitrogen and oxygen atoms in total. The first-order valence-electron chi connectivity index (χ1n) is 9.58. The van der Waals surface area contributed by atoms with Gasteiger partial charge in [-0.1, -0.05) is 58.9 Å². The highest BCUT2D eigenvalue weighted by Crippen LogP contribution is 2.41. The lowest BCUT2D eigenvalue weighted by Gasteiger charge is -2.19. The van der Waals surface area contributed by atoms with Gasteiger partial charge in [-0.3, -0.25) is 4.79 Å². The highest BCUT2D eigenvalue weighted by atomic mass is 35.5. The Kier molecular flexibility index (Phi) is 7.24. The summed E-state index contributed by atoms with van der Waals surface area (Å²) >= 11 is 17.4. The topological polar surface area (TPSA) is 29.1 Å². The van der Waals surface area contributed by atoms with Gasteiger partial charge in [-0.15, -0.1) is 6.42 Å². The van der Waals surface area contributed by atoms with Crippen molar-refractivity contribution in [3.05, 3.63) is 73.7 Å². The third kappa shape index (κ3) is 5.83. The maximum atomic E-state index is 13.7. The summed E-state index contributed by atoms with van der Waals surface area (Å²) in [4.78, 5) is 12.4. The van der Waals surface area contributed by atoms with E-state index in [4.69, 9.17) is 41.2 Å². The van der Waals surface area contributed by atoms with Crippen LogP contribution in [0.15, 0.2) is 36.4 Å². The zero-order chi connectivity index (χ0) is 25.5. The Hall–Kier alpha value is -2.34. The predicted octanol–water partition coefficient (Wildman–Crippen LogP) is 7.92. The average Bonchev–Trinajstić information content (AvgIpc) is 3.50. The average molecular weight is 541 g/mol. The molecule has 2 aromatic rings. The second-order valence-corrected chi connectivity index (χ2v) is 8.85. The molecule has 1 atom stereocenters. The van der Waals surface area contributed by atoms with Crippen molar-refractivity contribution in [3.63, 3.8) is 0 Å². The lowest BCUT2D eigenvalue weighted by molar-refractivity contribution is -0.139. The lowest BCUT2D eigenvalue weighted by Crippen LogP contribution is -2.36. The molecule has 3 rings (SSSR count). The molecule has 1 amide bonds. The first-order valence-corrected chi connectivity index (χ1v) is 10.7. The Balaban J connectivity index is 1.98. The SMILES string of the molecule is C#CC1(NC(=O)c2ccc(/C=C/C(c3cc(Cl)c(Cl)c(Cl)c3)C(F)(F)F)cc2C(F)(F)F)CC1. The number of terminal acetylenes is 1. The van der Waals surface area contributed by atoms with Crippen LogP contribution in [0.2, 0.25) is 15.1 Å². The van der Waals surface area contributed by atoms with Crippen LogP contribution in [0, 0.1) is 12.3 Å². The Bertz CT molecular complexity index is 1170. The van der Waals surface area contributed by atoms with Crippen LogP contribution in [0.5, 0.6) is 0 Å². The monoisotopic (exact) mass is 539 g/mol. The fraction of sp³-hybridized carbons (Fsp3) is 0.261. The summed E-state index contributed by atoms with van der Waals surface area (Å²) in [5, 5.41) is 1.85. The number of allylic oxidation sites excluding steroid dienone is 1. The smallest absolute Gasteiger partial charge is 0.336 e. The van der Waals surface area contributed by atoms with Gasteiger partial charge < -0.3 is 5.32 Å². The van der Waals surface area contributed by atoms with Crippen LogP contribution < -0.4 is 5.32 Å². The summed E-state index contributed by atoms with van der Waals surface area (Å²) in [7, 11) is 0. The Morgan fingerprint density at radius 1 is 1.06 bits per heavy atom. The maximum absolute atomic E-state index is 13.7. The van der Waals surface area contributed by atoms with E-state index in [1.807, 2.05) is 0 Å². The summed E-state index contributed by atoms with van der Waals surface area (Å²) in [6, 6.07) is 4.54. The van der Waals surface area contributed by atoms with Crippen molar-refractivity contribution in [1.82, 2.24) is 5.32 Å². The van der Waals surface area contributed by atoms with Gasteiger partial charge in [0.1, 0.15) is 5.54 Å². The summed E-state index contributed by atoms with van der Waals surface area (Å²) < 4.78 is 82.0. The van der Waals surface area contributed by atoms with Crippen molar-refractivity contribution >= 4 is 46.8 Å². The largest absolute Gasteiger partial charge is 0.417 e. The van der Waals surface area contributed by atoms with Gasteiger partial charge in [0, 0.05) is 0 Å². The van der Waals surface area contributed by atoms with Crippen LogP contribution in [0.3, 0.4) is 0 Å². The summed E-state index contributed by atoms with van der Waals surface area (Å²) in [6.07, 6.45) is -2.02. The molecule has 0 aromatic heterocycles. The number of amides is 1. The Labute approximate surface area is 205 Å². The van der Waals surface area contributed by atoms with E-state index in [-0.39, 0.29) is 26.2 Å². The third-order valence-corrected chi connectivity index (χ3v) is 6.37. The highest BCUT2D eigenvalue weighted by Gasteiger charge is 2.44. The van der Waals surface area contributed by atoms with Crippen molar-refractivity contribution in [2.24, 2.45) is 0 Å². The Morgan fingerprint density at radius 3 is 2.12 bits per heavy atom. The number of benzene rings is 2. The second-order valence-electron chi connectivity index (χ2n) is 7.66. The molecule has 0 heterocycles. The molecule has 1 aliphatic carbocycles. The number of nitrogens with one attached hydrogen (secondary N) is 1. The molecule has 2 aromatic carbocycles. The van der Waals surface area contributed by atoms with Crippen LogP contribution in [-0.2, 0) is 6.18 Å². The van der Waals surface area contributed by atoms with E-state index in [9.17, 15) is 31.1 Å². The van der Waals surface area contributed by atoms with E-state index in [0.717, 1.165) is 30.3 Å². The number of alkyl halides is 6. The van der Waals surface area contributed by atoms with Crippen LogP contribution in [0.4, 0.5) is 26.3 Å². The fourth-order valence-electron chi connectivity index (χ4n) is 3.18. The third-order valence-electron chi connectivity index (χ3n) is 5.17. The van der Waals surface area contributed by atoms with E-state index in [0.29, 0.717) is 25.0 Å². The zero-order valence-electron chi connectivity index (χ0n) is 16.9. The van der Waals surface area contributed by atoms with Crippen molar-refractivity contribution in [2.45, 2.75) is 36.7 Å². The minimum absolute atomic E-state index is 0.126. The summed E-state index contributed by atoms with van der Waals surface area (Å²) in [6.45, 7) is 0. The first kappa shape index (κ1) is 26.3. The van der Waals surface area contributed by atoms with Crippen LogP contribution in [0.25, 0.3) is 6.08 Å². The minimum atomic E-state index is -4.94. The standard InChI is InChI=1S/C23H14Cl3F6NO/c1-2-21(7-8-21)33-20(34)14-5-3-12(9-16(14)23(30,31)32)4-6-15(22(27,28)29)13-10-17(24)19(26)18(25)11-13/h1,3-6,9-11,15H,7-8H2,(H,33,34)/b6-4+. The number of carbonyl (C=O) groups is 1. The van der Waals surface area contributed by atoms with Crippen LogP contribution in [0.1, 0.15) is 45.8 Å². The van der Waals surface area contributed by atoms with Gasteiger partial charge in [-0.2, -0.15) is 26.3 Å². The van der Waals surface area contributed by atoms with Crippen LogP contribution >= 0.6 is 34.8 Å². The fourth-order valence-corrected chi connectivity index (χ4v) is 3.80. The van der Waals surface area contributed by atoms with Crippen LogP contribution in [-0.4, -0.2) is 17.6 Å². The van der Waals surface area contributed by atoms with Crippen molar-refractivity contribution < 1.29 is 31.1 Å². The normalized spacial score (nSPS) is 16.2. The molecule has 1 saturated carbocycles. The number of carbonyl (C=O) groups excluding carboxylic acids is 1. The van der Waals surface area contributed by atoms with Crippen molar-refractivity contribution in [3.8, 4) is 12.3 Å². The van der Waals surface area contributed by atoms with E-state index in [1.54, 1.807) is 0 Å². The highest BCUT2D eigenvalue weighted by molar-refractivity contribution is 6.48. The molecule has 0 aliphatic heterocycles. The molecule has 1 unspecified atom stereocenters. The number of hydrogen-bond donors (Lipinski definition) is 1. The molecular formula is C23H14Cl3F6NO. The van der Waals surface area contributed by atoms with E-state index < -0.39 is 40.8 Å². The molecule has 34 heavy (non-hydrogen) atoms. The molecule has 0 spiro atoms. The molecule has 1 aliphatic rings. The molecule has 0 radical (unpaired) electrons. The molecule has 11 heteroatoms. The summed E-state index contributed by atoms with van der Waals surface area (Å²) in [5.74, 6) is -0.912. The number of hydrogen-bond acceptors (Lipinski definition) is 1. The molecular weight excluding hydrogens is 527 g/mol. The molecule has 0 saturated heterocycles. The van der Waals surface area contributed by atoms with Gasteiger partial charge in [0.15, 0.2) is 0 Å². The minimum Gasteiger partial charge on any atom is -0.336 e. The molecule has 180 valence electrons. The van der Waals surface area contributed by atoms with E-state index >= 15 is 0 Å². The summed E-state index contributed by atoms with van der Waals surface area (Å²) in [5.41, 5.74) is -3.52. The number of rotatable bonds is 5. The molecule has 0 bridgehead atoms. The zero-order valence-corrected chi connectivity index (χ0v) is 19.2. The van der Waals surface area contributed by atoms with Gasteiger partial charge in [0.25, 0.3) is 5.91 Å². The quantitative estimate of drug-likeness (QED) is 0.233. The van der Waals surface area contributed by atoms with Gasteiger partial charge in [0.05, 0.1) is 32.1 Å². The lowest BCUT2D eigenvalue weighted by atomic mass is 9.96. The molecule has 1 fully saturated rings. The second kappa shape index (κ2) is 9.37. The van der Waals surface area contributed by atoms with Gasteiger partial charge >= 0.3 is 12.4 Å².